The summed E-state index contributed by atoms with van der Waals surface area (Å²) in [7, 11) is 0. The number of nitrogens with two attached hydrogens (primary N) is 1. The summed E-state index contributed by atoms with van der Waals surface area (Å²) in [5.41, 5.74) is 8.64. The predicted octanol–water partition coefficient (Wildman–Crippen LogP) is 3.10. The van der Waals surface area contributed by atoms with E-state index in [-0.39, 0.29) is 0 Å². The highest BCUT2D eigenvalue weighted by atomic mass is 15.1. The third-order valence-electron chi connectivity index (χ3n) is 3.82. The molecule has 1 aromatic carbocycles. The number of rotatable bonds is 5. The quantitative estimate of drug-likeness (QED) is 0.883. The Balaban J connectivity index is 0.000000861. The molecule has 0 radical (unpaired) electrons. The van der Waals surface area contributed by atoms with Crippen LogP contribution in [0, 0.1) is 5.92 Å². The number of hydrogen-bond donors (Lipinski definition) is 1. The van der Waals surface area contributed by atoms with Crippen molar-refractivity contribution in [2.24, 2.45) is 11.7 Å². The zero-order valence-electron chi connectivity index (χ0n) is 12.9. The van der Waals surface area contributed by atoms with Gasteiger partial charge in [0.15, 0.2) is 0 Å². The summed E-state index contributed by atoms with van der Waals surface area (Å²) in [6.45, 7) is 10.7. The van der Waals surface area contributed by atoms with Gasteiger partial charge in [0.25, 0.3) is 0 Å². The average Bonchev–Trinajstić information content (AvgIpc) is 2.95. The van der Waals surface area contributed by atoms with E-state index in [1.807, 2.05) is 13.8 Å². The van der Waals surface area contributed by atoms with Gasteiger partial charge in [-0.15, -0.1) is 0 Å². The zero-order chi connectivity index (χ0) is 14.1. The first kappa shape index (κ1) is 16.2. The lowest BCUT2D eigenvalue weighted by atomic mass is 10.1. The molecule has 1 aliphatic rings. The summed E-state index contributed by atoms with van der Waals surface area (Å²) in [6.07, 6.45) is 3.59. The van der Waals surface area contributed by atoms with E-state index in [4.69, 9.17) is 5.73 Å². The molecule has 1 unspecified atom stereocenters. The first-order valence-electron chi connectivity index (χ1n) is 7.82. The lowest BCUT2D eigenvalue weighted by Crippen LogP contribution is -2.25. The van der Waals surface area contributed by atoms with Gasteiger partial charge in [-0.25, -0.2) is 0 Å². The molecule has 0 bridgehead atoms. The normalized spacial score (nSPS) is 19.1. The number of likely N-dealkylation sites (tertiary alicyclic amines) is 1. The topological polar surface area (TPSA) is 29.3 Å². The largest absolute Gasteiger partial charge is 0.330 e. The van der Waals surface area contributed by atoms with Crippen LogP contribution in [0.1, 0.15) is 38.3 Å². The molecule has 1 fully saturated rings. The number of hydrogen-bond acceptors (Lipinski definition) is 2. The van der Waals surface area contributed by atoms with Crippen LogP contribution in [0.4, 0.5) is 0 Å². The van der Waals surface area contributed by atoms with Gasteiger partial charge in [-0.2, -0.15) is 0 Å². The second-order valence-electron chi connectivity index (χ2n) is 5.11. The van der Waals surface area contributed by atoms with E-state index in [1.54, 1.807) is 0 Å². The fourth-order valence-electron chi connectivity index (χ4n) is 2.60. The molecule has 0 spiro atoms. The second kappa shape index (κ2) is 9.11. The van der Waals surface area contributed by atoms with Gasteiger partial charge in [-0.3, -0.25) is 0 Å². The standard InChI is InChI=1S/C15H24N2.C2H6/c1-2-13-4-3-5-14(10-13)6-8-17-9-7-15(11-16)12-17;1-2/h3-5,10,15H,2,6-9,11-12,16H2,1H3;1-2H3. The minimum atomic E-state index is 0.733. The Hall–Kier alpha value is -0.860. The molecule has 1 atom stereocenters. The molecule has 2 nitrogen and oxygen atoms in total. The third-order valence-corrected chi connectivity index (χ3v) is 3.82. The van der Waals surface area contributed by atoms with E-state index >= 15 is 0 Å². The van der Waals surface area contributed by atoms with Crippen molar-refractivity contribution >= 4 is 0 Å². The number of nitrogens with zero attached hydrogens (tertiary/aromatic N) is 1. The lowest BCUT2D eigenvalue weighted by Gasteiger charge is -2.15. The van der Waals surface area contributed by atoms with Gasteiger partial charge in [0, 0.05) is 13.1 Å². The van der Waals surface area contributed by atoms with Gasteiger partial charge >= 0.3 is 0 Å². The predicted molar refractivity (Wildman–Crippen MR) is 84.5 cm³/mol. The van der Waals surface area contributed by atoms with Gasteiger partial charge < -0.3 is 10.6 Å². The fourth-order valence-corrected chi connectivity index (χ4v) is 2.60. The SMILES string of the molecule is CC.CCc1cccc(CCN2CCC(CN)C2)c1. The van der Waals surface area contributed by atoms with Crippen molar-refractivity contribution in [3.05, 3.63) is 35.4 Å². The zero-order valence-corrected chi connectivity index (χ0v) is 12.9. The van der Waals surface area contributed by atoms with Crippen LogP contribution in [0.5, 0.6) is 0 Å². The molecule has 1 heterocycles. The monoisotopic (exact) mass is 262 g/mol. The minimum absolute atomic E-state index is 0.733. The molecule has 0 amide bonds. The fraction of sp³-hybridized carbons (Fsp3) is 0.647. The summed E-state index contributed by atoms with van der Waals surface area (Å²) in [5.74, 6) is 0.733. The maximum atomic E-state index is 5.71. The molecule has 2 rings (SSSR count). The Morgan fingerprint density at radius 1 is 1.26 bits per heavy atom. The van der Waals surface area contributed by atoms with Gasteiger partial charge in [-0.1, -0.05) is 45.0 Å². The van der Waals surface area contributed by atoms with Gasteiger partial charge in [0.1, 0.15) is 0 Å². The van der Waals surface area contributed by atoms with Crippen LogP contribution in [0.25, 0.3) is 0 Å². The third kappa shape index (κ3) is 5.33. The average molecular weight is 262 g/mol. The molecule has 1 aromatic rings. The summed E-state index contributed by atoms with van der Waals surface area (Å²) < 4.78 is 0. The van der Waals surface area contributed by atoms with Gasteiger partial charge in [-0.05, 0) is 49.4 Å². The maximum Gasteiger partial charge on any atom is 0.00223 e. The minimum Gasteiger partial charge on any atom is -0.330 e. The van der Waals surface area contributed by atoms with Crippen LogP contribution in [0.3, 0.4) is 0 Å². The molecule has 1 saturated heterocycles. The summed E-state index contributed by atoms with van der Waals surface area (Å²) >= 11 is 0. The van der Waals surface area contributed by atoms with Crippen LogP contribution in [0.2, 0.25) is 0 Å². The van der Waals surface area contributed by atoms with Crippen LogP contribution in [-0.2, 0) is 12.8 Å². The Morgan fingerprint density at radius 2 is 2.00 bits per heavy atom. The van der Waals surface area contributed by atoms with Gasteiger partial charge in [0.2, 0.25) is 0 Å². The van der Waals surface area contributed by atoms with Crippen molar-refractivity contribution in [3.8, 4) is 0 Å². The highest BCUT2D eigenvalue weighted by molar-refractivity contribution is 5.23. The van der Waals surface area contributed by atoms with Crippen LogP contribution < -0.4 is 5.73 Å². The molecule has 19 heavy (non-hydrogen) atoms. The van der Waals surface area contributed by atoms with Gasteiger partial charge in [0.05, 0.1) is 0 Å². The highest BCUT2D eigenvalue weighted by Crippen LogP contribution is 2.15. The summed E-state index contributed by atoms with van der Waals surface area (Å²) in [5, 5.41) is 0. The van der Waals surface area contributed by atoms with Crippen LogP contribution in [-0.4, -0.2) is 31.1 Å². The van der Waals surface area contributed by atoms with Crippen molar-refractivity contribution in [1.29, 1.82) is 0 Å². The molecule has 0 aliphatic carbocycles. The van der Waals surface area contributed by atoms with E-state index in [9.17, 15) is 0 Å². The summed E-state index contributed by atoms with van der Waals surface area (Å²) in [6, 6.07) is 8.98. The Kier molecular flexibility index (Phi) is 7.76. The first-order valence-corrected chi connectivity index (χ1v) is 7.82. The van der Waals surface area contributed by atoms with Crippen molar-refractivity contribution < 1.29 is 0 Å². The lowest BCUT2D eigenvalue weighted by molar-refractivity contribution is 0.329. The van der Waals surface area contributed by atoms with E-state index in [0.29, 0.717) is 0 Å². The highest BCUT2D eigenvalue weighted by Gasteiger charge is 2.20. The molecule has 0 saturated carbocycles. The van der Waals surface area contributed by atoms with E-state index < -0.39 is 0 Å². The first-order chi connectivity index (χ1) is 9.31. The molecule has 2 heteroatoms. The Bertz CT molecular complexity index is 349. The molecule has 1 aliphatic heterocycles. The smallest absolute Gasteiger partial charge is 0.00223 e. The van der Waals surface area contributed by atoms with Crippen molar-refractivity contribution in [2.45, 2.75) is 40.0 Å². The maximum absolute atomic E-state index is 5.71. The number of benzene rings is 1. The van der Waals surface area contributed by atoms with Crippen LogP contribution in [0.15, 0.2) is 24.3 Å². The molecule has 0 aromatic heterocycles. The molecule has 2 N–H and O–H groups in total. The van der Waals surface area contributed by atoms with Crippen molar-refractivity contribution in [3.63, 3.8) is 0 Å². The van der Waals surface area contributed by atoms with E-state index in [2.05, 4.69) is 36.1 Å². The Labute approximate surface area is 119 Å². The molecule has 108 valence electrons. The van der Waals surface area contributed by atoms with Crippen LogP contribution >= 0.6 is 0 Å². The Morgan fingerprint density at radius 3 is 2.63 bits per heavy atom. The van der Waals surface area contributed by atoms with Crippen molar-refractivity contribution in [1.82, 2.24) is 4.90 Å². The van der Waals surface area contributed by atoms with E-state index in [1.165, 1.54) is 43.6 Å². The summed E-state index contributed by atoms with van der Waals surface area (Å²) in [4.78, 5) is 2.55. The molecular weight excluding hydrogens is 232 g/mol. The number of aryl methyl sites for hydroxylation is 1. The molecular formula is C17H30N2. The second-order valence-corrected chi connectivity index (χ2v) is 5.11. The van der Waals surface area contributed by atoms with Crippen molar-refractivity contribution in [2.75, 3.05) is 26.2 Å². The van der Waals surface area contributed by atoms with E-state index in [0.717, 1.165) is 18.9 Å².